The molecule has 0 radical (unpaired) electrons. The van der Waals surface area contributed by atoms with Crippen molar-refractivity contribution in [2.75, 3.05) is 18.0 Å². The van der Waals surface area contributed by atoms with Gasteiger partial charge in [-0.3, -0.25) is 0 Å². The maximum Gasteiger partial charge on any atom is 0.146 e. The highest BCUT2D eigenvalue weighted by atomic mass is 79.9. The summed E-state index contributed by atoms with van der Waals surface area (Å²) in [7, 11) is 0. The van der Waals surface area contributed by atoms with Crippen LogP contribution in [0.25, 0.3) is 0 Å². The van der Waals surface area contributed by atoms with Crippen molar-refractivity contribution in [2.45, 2.75) is 12.8 Å². The molecular weight excluding hydrogens is 253 g/mol. The van der Waals surface area contributed by atoms with E-state index >= 15 is 0 Å². The Balaban J connectivity index is 0.000000845. The first kappa shape index (κ1) is 10.7. The standard InChI is InChI=1S/C8H10BrN3.ClH/c9-7-5-10-6-11-8(7)12-3-1-2-4-12;/h5-6H,1-4H2;1H. The summed E-state index contributed by atoms with van der Waals surface area (Å²) in [6, 6.07) is 0. The van der Waals surface area contributed by atoms with Crippen LogP contribution in [0.1, 0.15) is 12.8 Å². The van der Waals surface area contributed by atoms with Crippen molar-refractivity contribution in [3.63, 3.8) is 0 Å². The van der Waals surface area contributed by atoms with Gasteiger partial charge in [0.1, 0.15) is 12.1 Å². The zero-order valence-electron chi connectivity index (χ0n) is 7.11. The molecule has 1 fully saturated rings. The maximum absolute atomic E-state index is 4.23. The first-order chi connectivity index (χ1) is 5.88. The number of aromatic nitrogens is 2. The molecular formula is C8H11BrClN3. The summed E-state index contributed by atoms with van der Waals surface area (Å²) in [4.78, 5) is 10.4. The second-order valence-electron chi connectivity index (χ2n) is 2.89. The lowest BCUT2D eigenvalue weighted by atomic mass is 10.4. The Morgan fingerprint density at radius 1 is 1.31 bits per heavy atom. The van der Waals surface area contributed by atoms with Gasteiger partial charge in [-0.2, -0.15) is 0 Å². The monoisotopic (exact) mass is 263 g/mol. The van der Waals surface area contributed by atoms with Crippen molar-refractivity contribution >= 4 is 34.2 Å². The topological polar surface area (TPSA) is 29.0 Å². The molecule has 1 saturated heterocycles. The molecule has 0 bridgehead atoms. The molecule has 0 atom stereocenters. The average Bonchev–Trinajstić information content (AvgIpc) is 2.57. The first-order valence-electron chi connectivity index (χ1n) is 4.08. The van der Waals surface area contributed by atoms with Crippen molar-refractivity contribution in [3.8, 4) is 0 Å². The number of rotatable bonds is 1. The van der Waals surface area contributed by atoms with Crippen LogP contribution in [0.5, 0.6) is 0 Å². The third kappa shape index (κ3) is 2.31. The molecule has 0 aromatic carbocycles. The highest BCUT2D eigenvalue weighted by Gasteiger charge is 2.15. The van der Waals surface area contributed by atoms with Crippen LogP contribution in [0, 0.1) is 0 Å². The molecule has 0 aliphatic carbocycles. The maximum atomic E-state index is 4.23. The molecule has 2 rings (SSSR count). The van der Waals surface area contributed by atoms with Crippen LogP contribution >= 0.6 is 28.3 Å². The van der Waals surface area contributed by atoms with Gasteiger partial charge in [0.15, 0.2) is 0 Å². The van der Waals surface area contributed by atoms with E-state index in [0.29, 0.717) is 0 Å². The molecule has 3 nitrogen and oxygen atoms in total. The van der Waals surface area contributed by atoms with Gasteiger partial charge in [0, 0.05) is 19.3 Å². The van der Waals surface area contributed by atoms with Gasteiger partial charge >= 0.3 is 0 Å². The van der Waals surface area contributed by atoms with Gasteiger partial charge in [0.25, 0.3) is 0 Å². The second kappa shape index (κ2) is 4.77. The molecule has 0 unspecified atom stereocenters. The Hall–Kier alpha value is -0.350. The molecule has 1 aromatic heterocycles. The van der Waals surface area contributed by atoms with Crippen molar-refractivity contribution in [1.29, 1.82) is 0 Å². The Morgan fingerprint density at radius 3 is 2.62 bits per heavy atom. The minimum Gasteiger partial charge on any atom is -0.356 e. The summed E-state index contributed by atoms with van der Waals surface area (Å²) in [6.45, 7) is 2.24. The van der Waals surface area contributed by atoms with E-state index in [9.17, 15) is 0 Å². The lowest BCUT2D eigenvalue weighted by Gasteiger charge is -2.16. The lowest BCUT2D eigenvalue weighted by Crippen LogP contribution is -2.19. The number of anilines is 1. The van der Waals surface area contributed by atoms with Crippen molar-refractivity contribution in [1.82, 2.24) is 9.97 Å². The summed E-state index contributed by atoms with van der Waals surface area (Å²) < 4.78 is 0.993. The first-order valence-corrected chi connectivity index (χ1v) is 4.87. The van der Waals surface area contributed by atoms with Gasteiger partial charge in [-0.15, -0.1) is 12.4 Å². The van der Waals surface area contributed by atoms with Crippen LogP contribution in [0.3, 0.4) is 0 Å². The van der Waals surface area contributed by atoms with E-state index in [0.717, 1.165) is 23.4 Å². The third-order valence-corrected chi connectivity index (χ3v) is 2.61. The third-order valence-electron chi connectivity index (χ3n) is 2.05. The molecule has 0 saturated carbocycles. The van der Waals surface area contributed by atoms with Gasteiger partial charge in [-0.1, -0.05) is 0 Å². The van der Waals surface area contributed by atoms with Crippen LogP contribution in [0.4, 0.5) is 5.82 Å². The molecule has 0 N–H and O–H groups in total. The van der Waals surface area contributed by atoms with Crippen LogP contribution in [-0.4, -0.2) is 23.1 Å². The van der Waals surface area contributed by atoms with E-state index in [1.54, 1.807) is 12.5 Å². The Morgan fingerprint density at radius 2 is 2.00 bits per heavy atom. The fraction of sp³-hybridized carbons (Fsp3) is 0.500. The molecule has 1 aliphatic heterocycles. The van der Waals surface area contributed by atoms with Crippen LogP contribution in [0.15, 0.2) is 17.0 Å². The van der Waals surface area contributed by atoms with Gasteiger partial charge < -0.3 is 4.90 Å². The summed E-state index contributed by atoms with van der Waals surface area (Å²) in [5, 5.41) is 0. The molecule has 0 amide bonds. The van der Waals surface area contributed by atoms with Gasteiger partial charge in [-0.05, 0) is 28.8 Å². The normalized spacial score (nSPS) is 15.6. The molecule has 13 heavy (non-hydrogen) atoms. The van der Waals surface area contributed by atoms with Crippen molar-refractivity contribution < 1.29 is 0 Å². The van der Waals surface area contributed by atoms with Gasteiger partial charge in [0.05, 0.1) is 4.47 Å². The minimum atomic E-state index is 0. The zero-order valence-corrected chi connectivity index (χ0v) is 9.51. The molecule has 0 spiro atoms. The summed E-state index contributed by atoms with van der Waals surface area (Å²) in [6.07, 6.45) is 5.94. The summed E-state index contributed by atoms with van der Waals surface area (Å²) in [5.74, 6) is 1.03. The Kier molecular flexibility index (Phi) is 3.93. The quantitative estimate of drug-likeness (QED) is 0.779. The number of halogens is 2. The number of hydrogen-bond donors (Lipinski definition) is 0. The molecule has 1 aromatic rings. The van der Waals surface area contributed by atoms with E-state index in [-0.39, 0.29) is 12.4 Å². The van der Waals surface area contributed by atoms with Crippen LogP contribution < -0.4 is 4.90 Å². The van der Waals surface area contributed by atoms with Crippen molar-refractivity contribution in [2.24, 2.45) is 0 Å². The van der Waals surface area contributed by atoms with Gasteiger partial charge in [-0.25, -0.2) is 9.97 Å². The fourth-order valence-electron chi connectivity index (χ4n) is 1.47. The van der Waals surface area contributed by atoms with Crippen LogP contribution in [0.2, 0.25) is 0 Å². The van der Waals surface area contributed by atoms with Gasteiger partial charge in [0.2, 0.25) is 0 Å². The highest BCUT2D eigenvalue weighted by Crippen LogP contribution is 2.24. The highest BCUT2D eigenvalue weighted by molar-refractivity contribution is 9.10. The van der Waals surface area contributed by atoms with E-state index in [2.05, 4.69) is 30.8 Å². The molecule has 1 aliphatic rings. The Labute approximate surface area is 92.1 Å². The SMILES string of the molecule is Brc1cncnc1N1CCCC1.Cl. The van der Waals surface area contributed by atoms with E-state index in [1.165, 1.54) is 12.8 Å². The molecule has 5 heteroatoms. The fourth-order valence-corrected chi connectivity index (χ4v) is 1.94. The largest absolute Gasteiger partial charge is 0.356 e. The van der Waals surface area contributed by atoms with Crippen LogP contribution in [-0.2, 0) is 0 Å². The summed E-state index contributed by atoms with van der Waals surface area (Å²) in [5.41, 5.74) is 0. The number of hydrogen-bond acceptors (Lipinski definition) is 3. The Bertz CT molecular complexity index is 276. The molecule has 2 heterocycles. The lowest BCUT2D eigenvalue weighted by molar-refractivity contribution is 0.921. The van der Waals surface area contributed by atoms with Crippen molar-refractivity contribution in [3.05, 3.63) is 17.0 Å². The minimum absolute atomic E-state index is 0. The second-order valence-corrected chi connectivity index (χ2v) is 3.74. The number of nitrogens with zero attached hydrogens (tertiary/aromatic N) is 3. The van der Waals surface area contributed by atoms with E-state index in [1.807, 2.05) is 0 Å². The van der Waals surface area contributed by atoms with E-state index < -0.39 is 0 Å². The summed E-state index contributed by atoms with van der Waals surface area (Å²) >= 11 is 3.44. The average molecular weight is 265 g/mol. The molecule has 72 valence electrons. The smallest absolute Gasteiger partial charge is 0.146 e. The predicted molar refractivity (Wildman–Crippen MR) is 58.4 cm³/mol. The van der Waals surface area contributed by atoms with E-state index in [4.69, 9.17) is 0 Å². The zero-order chi connectivity index (χ0) is 8.39. The predicted octanol–water partition coefficient (Wildman–Crippen LogP) is 2.26.